The third-order valence-corrected chi connectivity index (χ3v) is 4.84. The van der Waals surface area contributed by atoms with E-state index in [2.05, 4.69) is 43.4 Å². The number of nitrogens with one attached hydrogen (secondary N) is 1. The Balaban J connectivity index is 1.63. The first-order chi connectivity index (χ1) is 10.2. The lowest BCUT2D eigenvalue weighted by Gasteiger charge is -2.32. The molecular formula is C19H29NO. The maximum absolute atomic E-state index is 5.76. The van der Waals surface area contributed by atoms with E-state index in [1.54, 1.807) is 0 Å². The molecule has 0 bridgehead atoms. The van der Waals surface area contributed by atoms with Crippen LogP contribution in [0, 0.1) is 5.92 Å². The summed E-state index contributed by atoms with van der Waals surface area (Å²) in [7, 11) is 0. The van der Waals surface area contributed by atoms with Crippen LogP contribution in [0.3, 0.4) is 0 Å². The molecule has 2 atom stereocenters. The SMILES string of the molecule is CC(C)Oc1ccc(C2CCCCC2CNC2CC2)cc1. The minimum atomic E-state index is 0.251. The predicted octanol–water partition coefficient (Wildman–Crippen LogP) is 4.50. The van der Waals surface area contributed by atoms with Crippen molar-refractivity contribution < 1.29 is 4.74 Å². The smallest absolute Gasteiger partial charge is 0.119 e. The molecule has 0 amide bonds. The first-order valence-corrected chi connectivity index (χ1v) is 8.72. The summed E-state index contributed by atoms with van der Waals surface area (Å²) < 4.78 is 5.76. The lowest BCUT2D eigenvalue weighted by molar-refractivity contribution is 0.242. The summed E-state index contributed by atoms with van der Waals surface area (Å²) in [6.07, 6.45) is 8.55. The van der Waals surface area contributed by atoms with Crippen LogP contribution in [0.1, 0.15) is 63.9 Å². The maximum atomic E-state index is 5.76. The van der Waals surface area contributed by atoms with Gasteiger partial charge >= 0.3 is 0 Å². The van der Waals surface area contributed by atoms with Crippen molar-refractivity contribution in [1.82, 2.24) is 5.32 Å². The van der Waals surface area contributed by atoms with Crippen molar-refractivity contribution in [2.75, 3.05) is 6.54 Å². The molecule has 2 nitrogen and oxygen atoms in total. The van der Waals surface area contributed by atoms with Gasteiger partial charge in [-0.25, -0.2) is 0 Å². The molecule has 0 aromatic heterocycles. The van der Waals surface area contributed by atoms with Gasteiger partial charge in [0.15, 0.2) is 0 Å². The van der Waals surface area contributed by atoms with Crippen molar-refractivity contribution >= 4 is 0 Å². The minimum absolute atomic E-state index is 0.251. The zero-order chi connectivity index (χ0) is 14.7. The number of ether oxygens (including phenoxy) is 1. The second kappa shape index (κ2) is 6.83. The standard InChI is InChI=1S/C19H29NO/c1-14(2)21-18-11-7-15(8-12-18)19-6-4-3-5-16(19)13-20-17-9-10-17/h7-8,11-12,14,16-17,19-20H,3-6,9-10,13H2,1-2H3. The van der Waals surface area contributed by atoms with Gasteiger partial charge in [0.05, 0.1) is 6.10 Å². The van der Waals surface area contributed by atoms with E-state index in [0.29, 0.717) is 0 Å². The monoisotopic (exact) mass is 287 g/mol. The van der Waals surface area contributed by atoms with Crippen LogP contribution in [0.5, 0.6) is 5.75 Å². The normalized spacial score (nSPS) is 26.0. The Labute approximate surface area is 129 Å². The van der Waals surface area contributed by atoms with Gasteiger partial charge in [0.2, 0.25) is 0 Å². The lowest BCUT2D eigenvalue weighted by atomic mass is 9.75. The molecule has 0 radical (unpaired) electrons. The van der Waals surface area contributed by atoms with E-state index in [0.717, 1.165) is 23.6 Å². The van der Waals surface area contributed by atoms with E-state index in [-0.39, 0.29) is 6.10 Å². The van der Waals surface area contributed by atoms with Gasteiger partial charge < -0.3 is 10.1 Å². The maximum Gasteiger partial charge on any atom is 0.119 e. The Kier molecular flexibility index (Phi) is 4.84. The van der Waals surface area contributed by atoms with Gasteiger partial charge in [-0.2, -0.15) is 0 Å². The highest BCUT2D eigenvalue weighted by molar-refractivity contribution is 5.30. The van der Waals surface area contributed by atoms with Crippen molar-refractivity contribution in [3.63, 3.8) is 0 Å². The van der Waals surface area contributed by atoms with Gasteiger partial charge in [0, 0.05) is 6.04 Å². The number of rotatable bonds is 6. The fourth-order valence-electron chi connectivity index (χ4n) is 3.56. The Morgan fingerprint density at radius 3 is 2.43 bits per heavy atom. The van der Waals surface area contributed by atoms with Gasteiger partial charge in [-0.05, 0) is 75.6 Å². The van der Waals surface area contributed by atoms with Crippen LogP contribution in [0.4, 0.5) is 0 Å². The summed E-state index contributed by atoms with van der Waals surface area (Å²) in [6, 6.07) is 9.70. The van der Waals surface area contributed by atoms with Crippen molar-refractivity contribution in [1.29, 1.82) is 0 Å². The molecule has 3 rings (SSSR count). The van der Waals surface area contributed by atoms with Crippen LogP contribution in [0.25, 0.3) is 0 Å². The van der Waals surface area contributed by atoms with Crippen molar-refractivity contribution in [2.45, 2.75) is 70.4 Å². The van der Waals surface area contributed by atoms with Crippen LogP contribution in [0.15, 0.2) is 24.3 Å². The second-order valence-electron chi connectivity index (χ2n) is 7.07. The molecule has 0 saturated heterocycles. The summed E-state index contributed by atoms with van der Waals surface area (Å²) >= 11 is 0. The largest absolute Gasteiger partial charge is 0.491 e. The van der Waals surface area contributed by atoms with Crippen LogP contribution >= 0.6 is 0 Å². The van der Waals surface area contributed by atoms with Gasteiger partial charge in [-0.1, -0.05) is 25.0 Å². The molecular weight excluding hydrogens is 258 g/mol. The highest BCUT2D eigenvalue weighted by atomic mass is 16.5. The Bertz CT molecular complexity index is 435. The summed E-state index contributed by atoms with van der Waals surface area (Å²) in [5.74, 6) is 2.55. The molecule has 2 saturated carbocycles. The van der Waals surface area contributed by atoms with E-state index in [1.807, 2.05) is 0 Å². The summed E-state index contributed by atoms with van der Waals surface area (Å²) in [5, 5.41) is 3.74. The molecule has 2 aliphatic rings. The van der Waals surface area contributed by atoms with Gasteiger partial charge in [-0.15, -0.1) is 0 Å². The number of hydrogen-bond acceptors (Lipinski definition) is 2. The third-order valence-electron chi connectivity index (χ3n) is 4.84. The fraction of sp³-hybridized carbons (Fsp3) is 0.684. The molecule has 2 unspecified atom stereocenters. The summed E-state index contributed by atoms with van der Waals surface area (Å²) in [5.41, 5.74) is 1.51. The summed E-state index contributed by atoms with van der Waals surface area (Å²) in [6.45, 7) is 5.36. The van der Waals surface area contributed by atoms with Crippen molar-refractivity contribution in [2.24, 2.45) is 5.92 Å². The first kappa shape index (κ1) is 14.9. The molecule has 0 spiro atoms. The molecule has 1 N–H and O–H groups in total. The van der Waals surface area contributed by atoms with Crippen LogP contribution < -0.4 is 10.1 Å². The molecule has 1 aromatic carbocycles. The van der Waals surface area contributed by atoms with E-state index in [1.165, 1.54) is 50.6 Å². The van der Waals surface area contributed by atoms with E-state index in [4.69, 9.17) is 4.74 Å². The van der Waals surface area contributed by atoms with Gasteiger partial charge in [0.1, 0.15) is 5.75 Å². The van der Waals surface area contributed by atoms with Gasteiger partial charge in [0.25, 0.3) is 0 Å². The Morgan fingerprint density at radius 2 is 1.76 bits per heavy atom. The van der Waals surface area contributed by atoms with Crippen LogP contribution in [0.2, 0.25) is 0 Å². The zero-order valence-electron chi connectivity index (χ0n) is 13.5. The summed E-state index contributed by atoms with van der Waals surface area (Å²) in [4.78, 5) is 0. The van der Waals surface area contributed by atoms with Crippen molar-refractivity contribution in [3.05, 3.63) is 29.8 Å². The molecule has 0 heterocycles. The van der Waals surface area contributed by atoms with Crippen LogP contribution in [-0.2, 0) is 0 Å². The van der Waals surface area contributed by atoms with Crippen molar-refractivity contribution in [3.8, 4) is 5.75 Å². The average Bonchev–Trinajstić information content (AvgIpc) is 3.30. The number of hydrogen-bond donors (Lipinski definition) is 1. The van der Waals surface area contributed by atoms with E-state index >= 15 is 0 Å². The van der Waals surface area contributed by atoms with E-state index in [9.17, 15) is 0 Å². The number of benzene rings is 1. The molecule has 0 aliphatic heterocycles. The molecule has 1 aromatic rings. The molecule has 2 heteroatoms. The first-order valence-electron chi connectivity index (χ1n) is 8.72. The third kappa shape index (κ3) is 4.23. The molecule has 21 heavy (non-hydrogen) atoms. The average molecular weight is 287 g/mol. The molecule has 116 valence electrons. The molecule has 2 aliphatic carbocycles. The Hall–Kier alpha value is -1.02. The van der Waals surface area contributed by atoms with E-state index < -0.39 is 0 Å². The van der Waals surface area contributed by atoms with Crippen LogP contribution in [-0.4, -0.2) is 18.7 Å². The Morgan fingerprint density at radius 1 is 1.05 bits per heavy atom. The second-order valence-corrected chi connectivity index (χ2v) is 7.07. The molecule has 2 fully saturated rings. The quantitative estimate of drug-likeness (QED) is 0.831. The zero-order valence-corrected chi connectivity index (χ0v) is 13.5. The lowest BCUT2D eigenvalue weighted by Crippen LogP contribution is -2.30. The van der Waals surface area contributed by atoms with Gasteiger partial charge in [-0.3, -0.25) is 0 Å². The minimum Gasteiger partial charge on any atom is -0.491 e. The highest BCUT2D eigenvalue weighted by Gasteiger charge is 2.28. The fourth-order valence-corrected chi connectivity index (χ4v) is 3.56. The topological polar surface area (TPSA) is 21.3 Å². The predicted molar refractivity (Wildman–Crippen MR) is 87.9 cm³/mol. The highest BCUT2D eigenvalue weighted by Crippen LogP contribution is 2.38.